The van der Waals surface area contributed by atoms with Gasteiger partial charge in [0.25, 0.3) is 5.56 Å². The zero-order valence-corrected chi connectivity index (χ0v) is 8.85. The van der Waals surface area contributed by atoms with Crippen LogP contribution in [0.15, 0.2) is 28.8 Å². The SMILES string of the molecule is O=C(O)c1nc(Cn2cnccc2=O)cs1. The lowest BCUT2D eigenvalue weighted by atomic mass is 10.4. The van der Waals surface area contributed by atoms with Crippen LogP contribution in [-0.4, -0.2) is 25.6 Å². The summed E-state index contributed by atoms with van der Waals surface area (Å²) in [6.07, 6.45) is 2.80. The molecule has 0 saturated carbocycles. The Labute approximate surface area is 93.8 Å². The summed E-state index contributed by atoms with van der Waals surface area (Å²) in [4.78, 5) is 29.6. The first-order chi connectivity index (χ1) is 7.66. The lowest BCUT2D eigenvalue weighted by Gasteiger charge is -1.99. The fourth-order valence-electron chi connectivity index (χ4n) is 1.15. The summed E-state index contributed by atoms with van der Waals surface area (Å²) in [6, 6.07) is 1.34. The van der Waals surface area contributed by atoms with E-state index in [1.807, 2.05) is 0 Å². The van der Waals surface area contributed by atoms with Crippen molar-refractivity contribution < 1.29 is 9.90 Å². The van der Waals surface area contributed by atoms with Gasteiger partial charge in [0.1, 0.15) is 0 Å². The predicted molar refractivity (Wildman–Crippen MR) is 56.7 cm³/mol. The van der Waals surface area contributed by atoms with Gasteiger partial charge >= 0.3 is 5.97 Å². The topological polar surface area (TPSA) is 85.1 Å². The highest BCUT2D eigenvalue weighted by molar-refractivity contribution is 7.11. The Kier molecular flexibility index (Phi) is 2.78. The molecule has 7 heteroatoms. The molecule has 6 nitrogen and oxygen atoms in total. The van der Waals surface area contributed by atoms with Gasteiger partial charge in [-0.3, -0.25) is 9.36 Å². The molecule has 0 bridgehead atoms. The molecule has 82 valence electrons. The van der Waals surface area contributed by atoms with Gasteiger partial charge in [-0.15, -0.1) is 11.3 Å². The molecule has 2 aromatic rings. The number of carbonyl (C=O) groups is 1. The number of hydrogen-bond acceptors (Lipinski definition) is 5. The van der Waals surface area contributed by atoms with E-state index >= 15 is 0 Å². The minimum atomic E-state index is -1.06. The van der Waals surface area contributed by atoms with Crippen LogP contribution in [0.25, 0.3) is 0 Å². The van der Waals surface area contributed by atoms with Crippen LogP contribution >= 0.6 is 11.3 Å². The Bertz CT molecular complexity index is 575. The zero-order valence-electron chi connectivity index (χ0n) is 8.03. The first-order valence-corrected chi connectivity index (χ1v) is 5.23. The van der Waals surface area contributed by atoms with Crippen molar-refractivity contribution in [1.82, 2.24) is 14.5 Å². The fraction of sp³-hybridized carbons (Fsp3) is 0.111. The number of aromatic carboxylic acids is 1. The van der Waals surface area contributed by atoms with Crippen molar-refractivity contribution >= 4 is 17.3 Å². The summed E-state index contributed by atoms with van der Waals surface area (Å²) in [5, 5.41) is 10.3. The van der Waals surface area contributed by atoms with E-state index in [-0.39, 0.29) is 17.1 Å². The average Bonchev–Trinajstić information content (AvgIpc) is 2.70. The fourth-order valence-corrected chi connectivity index (χ4v) is 1.80. The smallest absolute Gasteiger partial charge is 0.365 e. The van der Waals surface area contributed by atoms with Gasteiger partial charge in [-0.05, 0) is 0 Å². The van der Waals surface area contributed by atoms with E-state index in [0.717, 1.165) is 11.3 Å². The number of hydrogen-bond donors (Lipinski definition) is 1. The monoisotopic (exact) mass is 237 g/mol. The maximum atomic E-state index is 11.3. The molecule has 0 aliphatic carbocycles. The molecule has 0 radical (unpaired) electrons. The van der Waals surface area contributed by atoms with Gasteiger partial charge < -0.3 is 5.11 Å². The van der Waals surface area contributed by atoms with Gasteiger partial charge in [-0.1, -0.05) is 0 Å². The quantitative estimate of drug-likeness (QED) is 0.837. The number of carboxylic acid groups (broad SMARTS) is 1. The largest absolute Gasteiger partial charge is 0.476 e. The Morgan fingerprint density at radius 3 is 3.00 bits per heavy atom. The minimum Gasteiger partial charge on any atom is -0.476 e. The van der Waals surface area contributed by atoms with Gasteiger partial charge in [-0.2, -0.15) is 0 Å². The van der Waals surface area contributed by atoms with Gasteiger partial charge in [0.2, 0.25) is 5.01 Å². The van der Waals surface area contributed by atoms with E-state index in [9.17, 15) is 9.59 Å². The molecule has 0 fully saturated rings. The third-order valence-corrected chi connectivity index (χ3v) is 2.74. The van der Waals surface area contributed by atoms with Crippen molar-refractivity contribution in [3.8, 4) is 0 Å². The number of aromatic nitrogens is 3. The van der Waals surface area contributed by atoms with Crippen molar-refractivity contribution in [2.45, 2.75) is 6.54 Å². The van der Waals surface area contributed by atoms with Crippen LogP contribution in [0, 0.1) is 0 Å². The van der Waals surface area contributed by atoms with E-state index in [0.29, 0.717) is 5.69 Å². The van der Waals surface area contributed by atoms with Crippen LogP contribution < -0.4 is 5.56 Å². The Morgan fingerprint density at radius 1 is 1.56 bits per heavy atom. The van der Waals surface area contributed by atoms with Crippen molar-refractivity contribution in [1.29, 1.82) is 0 Å². The molecule has 0 unspecified atom stereocenters. The summed E-state index contributed by atoms with van der Waals surface area (Å²) in [6.45, 7) is 0.233. The predicted octanol–water partition coefficient (Wildman–Crippen LogP) is 0.446. The highest BCUT2D eigenvalue weighted by Gasteiger charge is 2.09. The van der Waals surface area contributed by atoms with E-state index in [1.165, 1.54) is 23.2 Å². The van der Waals surface area contributed by atoms with Crippen LogP contribution in [0.5, 0.6) is 0 Å². The number of rotatable bonds is 3. The van der Waals surface area contributed by atoms with Gasteiger partial charge in [-0.25, -0.2) is 14.8 Å². The molecular weight excluding hydrogens is 230 g/mol. The Balaban J connectivity index is 2.24. The Morgan fingerprint density at radius 2 is 2.38 bits per heavy atom. The molecule has 0 saturated heterocycles. The van der Waals surface area contributed by atoms with Crippen LogP contribution in [-0.2, 0) is 6.54 Å². The third kappa shape index (κ3) is 2.14. The molecule has 0 aromatic carbocycles. The second kappa shape index (κ2) is 4.23. The van der Waals surface area contributed by atoms with Crippen molar-refractivity contribution in [3.63, 3.8) is 0 Å². The third-order valence-electron chi connectivity index (χ3n) is 1.86. The number of carboxylic acids is 1. The van der Waals surface area contributed by atoms with Crippen molar-refractivity contribution in [2.75, 3.05) is 0 Å². The minimum absolute atomic E-state index is 0.0203. The van der Waals surface area contributed by atoms with Crippen LogP contribution in [0.2, 0.25) is 0 Å². The molecule has 0 aliphatic heterocycles. The second-order valence-electron chi connectivity index (χ2n) is 3.00. The van der Waals surface area contributed by atoms with Gasteiger partial charge in [0.15, 0.2) is 0 Å². The molecule has 0 aliphatic rings. The van der Waals surface area contributed by atoms with E-state index in [4.69, 9.17) is 5.11 Å². The molecule has 16 heavy (non-hydrogen) atoms. The lowest BCUT2D eigenvalue weighted by molar-refractivity contribution is 0.0696. The molecule has 0 atom stereocenters. The van der Waals surface area contributed by atoms with Crippen LogP contribution in [0.4, 0.5) is 0 Å². The molecule has 0 spiro atoms. The van der Waals surface area contributed by atoms with Gasteiger partial charge in [0, 0.05) is 17.6 Å². The van der Waals surface area contributed by atoms with Crippen LogP contribution in [0.3, 0.4) is 0 Å². The first-order valence-electron chi connectivity index (χ1n) is 4.35. The van der Waals surface area contributed by atoms with Gasteiger partial charge in [0.05, 0.1) is 18.6 Å². The summed E-state index contributed by atoms with van der Waals surface area (Å²) >= 11 is 1.04. The lowest BCUT2D eigenvalue weighted by Crippen LogP contribution is -2.19. The highest BCUT2D eigenvalue weighted by Crippen LogP contribution is 2.09. The molecular formula is C9H7N3O3S. The maximum Gasteiger partial charge on any atom is 0.365 e. The molecule has 0 amide bonds. The second-order valence-corrected chi connectivity index (χ2v) is 3.85. The summed E-state index contributed by atoms with van der Waals surface area (Å²) in [7, 11) is 0. The van der Waals surface area contributed by atoms with E-state index in [1.54, 1.807) is 5.38 Å². The summed E-state index contributed by atoms with van der Waals surface area (Å²) in [5.74, 6) is -1.06. The molecule has 2 rings (SSSR count). The maximum absolute atomic E-state index is 11.3. The number of thiazole rings is 1. The molecule has 2 aromatic heterocycles. The van der Waals surface area contributed by atoms with E-state index in [2.05, 4.69) is 9.97 Å². The molecule has 2 heterocycles. The normalized spacial score (nSPS) is 10.2. The summed E-state index contributed by atoms with van der Waals surface area (Å²) in [5.41, 5.74) is 0.345. The van der Waals surface area contributed by atoms with Crippen molar-refractivity contribution in [2.24, 2.45) is 0 Å². The highest BCUT2D eigenvalue weighted by atomic mass is 32.1. The van der Waals surface area contributed by atoms with Crippen LogP contribution in [0.1, 0.15) is 15.5 Å². The van der Waals surface area contributed by atoms with Crippen molar-refractivity contribution in [3.05, 3.63) is 45.0 Å². The zero-order chi connectivity index (χ0) is 11.5. The Hall–Kier alpha value is -2.02. The molecule has 1 N–H and O–H groups in total. The number of nitrogens with zero attached hydrogens (tertiary/aromatic N) is 3. The standard InChI is InChI=1S/C9H7N3O3S/c13-7-1-2-10-5-12(7)3-6-4-16-8(11-6)9(14)15/h1-2,4-5H,3H2,(H,14,15). The summed E-state index contributed by atoms with van der Waals surface area (Å²) < 4.78 is 1.36. The van der Waals surface area contributed by atoms with E-state index < -0.39 is 5.97 Å². The average molecular weight is 237 g/mol. The first kappa shape index (κ1) is 10.5.